The van der Waals surface area contributed by atoms with E-state index in [4.69, 9.17) is 14.2 Å². The van der Waals surface area contributed by atoms with E-state index < -0.39 is 0 Å². The van der Waals surface area contributed by atoms with Crippen molar-refractivity contribution in [1.29, 1.82) is 5.26 Å². The van der Waals surface area contributed by atoms with Crippen LogP contribution in [0.15, 0.2) is 60.7 Å². The van der Waals surface area contributed by atoms with Gasteiger partial charge in [-0.2, -0.15) is 5.26 Å². The third kappa shape index (κ3) is 6.13. The van der Waals surface area contributed by atoms with Gasteiger partial charge in [0, 0.05) is 31.8 Å². The van der Waals surface area contributed by atoms with Crippen LogP contribution in [0.2, 0.25) is 0 Å². The van der Waals surface area contributed by atoms with Gasteiger partial charge in [-0.15, -0.1) is 0 Å². The summed E-state index contributed by atoms with van der Waals surface area (Å²) in [7, 11) is 3.33. The van der Waals surface area contributed by atoms with E-state index in [1.54, 1.807) is 14.2 Å². The van der Waals surface area contributed by atoms with Gasteiger partial charge < -0.3 is 24.4 Å². The molecule has 1 fully saturated rings. The van der Waals surface area contributed by atoms with Crippen molar-refractivity contribution in [2.24, 2.45) is 0 Å². The van der Waals surface area contributed by atoms with Gasteiger partial charge in [-0.3, -0.25) is 0 Å². The second-order valence-corrected chi connectivity index (χ2v) is 8.64. The number of benzene rings is 3. The Bertz CT molecular complexity index is 1140. The Morgan fingerprint density at radius 2 is 1.57 bits per heavy atom. The Balaban J connectivity index is 1.47. The highest BCUT2D eigenvalue weighted by Gasteiger charge is 2.16. The lowest BCUT2D eigenvalue weighted by Crippen LogP contribution is -2.29. The second kappa shape index (κ2) is 12.3. The molecule has 1 N–H and O–H groups in total. The van der Waals surface area contributed by atoms with Gasteiger partial charge in [0.1, 0.15) is 23.9 Å². The van der Waals surface area contributed by atoms with Gasteiger partial charge in [0.05, 0.1) is 31.4 Å². The molecule has 6 heteroatoms. The van der Waals surface area contributed by atoms with Crippen molar-refractivity contribution in [3.63, 3.8) is 0 Å². The molecule has 1 aliphatic heterocycles. The first-order chi connectivity index (χ1) is 17.2. The van der Waals surface area contributed by atoms with Crippen LogP contribution in [0.3, 0.4) is 0 Å². The minimum atomic E-state index is 0.357. The van der Waals surface area contributed by atoms with Crippen LogP contribution in [0.25, 0.3) is 11.1 Å². The van der Waals surface area contributed by atoms with Crippen molar-refractivity contribution in [3.8, 4) is 34.4 Å². The largest absolute Gasteiger partial charge is 0.496 e. The SMILES string of the molecule is COc1cc(OCc2ccccc2-c2ccccc2C#N)cc(OC)c1CNCCN1CCCC1. The maximum absolute atomic E-state index is 9.54. The summed E-state index contributed by atoms with van der Waals surface area (Å²) in [5, 5.41) is 13.1. The molecule has 1 aliphatic rings. The van der Waals surface area contributed by atoms with E-state index in [0.717, 1.165) is 46.8 Å². The highest BCUT2D eigenvalue weighted by molar-refractivity contribution is 5.73. The van der Waals surface area contributed by atoms with Crippen LogP contribution in [0.4, 0.5) is 0 Å². The van der Waals surface area contributed by atoms with Crippen molar-refractivity contribution in [2.45, 2.75) is 26.0 Å². The third-order valence-electron chi connectivity index (χ3n) is 6.44. The van der Waals surface area contributed by atoms with E-state index in [1.807, 2.05) is 60.7 Å². The normalized spacial score (nSPS) is 13.4. The first-order valence-electron chi connectivity index (χ1n) is 12.1. The first kappa shape index (κ1) is 24.6. The van der Waals surface area contributed by atoms with Gasteiger partial charge in [-0.1, -0.05) is 42.5 Å². The van der Waals surface area contributed by atoms with Crippen LogP contribution in [0.1, 0.15) is 29.5 Å². The maximum Gasteiger partial charge on any atom is 0.130 e. The predicted molar refractivity (Wildman–Crippen MR) is 138 cm³/mol. The highest BCUT2D eigenvalue weighted by Crippen LogP contribution is 2.35. The fourth-order valence-electron chi connectivity index (χ4n) is 4.56. The number of nitrogens with one attached hydrogen (secondary N) is 1. The molecule has 0 aromatic heterocycles. The molecule has 0 unspecified atom stereocenters. The number of rotatable bonds is 11. The van der Waals surface area contributed by atoms with Gasteiger partial charge in [0.25, 0.3) is 0 Å². The summed E-state index contributed by atoms with van der Waals surface area (Å²) in [6.45, 7) is 5.40. The summed E-state index contributed by atoms with van der Waals surface area (Å²) in [6.07, 6.45) is 2.61. The molecule has 0 bridgehead atoms. The molecule has 0 atom stereocenters. The number of hydrogen-bond acceptors (Lipinski definition) is 6. The molecule has 182 valence electrons. The molecular formula is C29H33N3O3. The van der Waals surface area contributed by atoms with Gasteiger partial charge in [0.2, 0.25) is 0 Å². The number of likely N-dealkylation sites (tertiary alicyclic amines) is 1. The Labute approximate surface area is 208 Å². The predicted octanol–water partition coefficient (Wildman–Crippen LogP) is 5.01. The molecule has 35 heavy (non-hydrogen) atoms. The summed E-state index contributed by atoms with van der Waals surface area (Å²) in [6, 6.07) is 21.7. The fourth-order valence-corrected chi connectivity index (χ4v) is 4.56. The third-order valence-corrected chi connectivity index (χ3v) is 6.44. The summed E-state index contributed by atoms with van der Waals surface area (Å²) in [5.41, 5.74) is 4.51. The zero-order valence-electron chi connectivity index (χ0n) is 20.5. The molecular weight excluding hydrogens is 438 g/mol. The highest BCUT2D eigenvalue weighted by atomic mass is 16.5. The summed E-state index contributed by atoms with van der Waals surface area (Å²) < 4.78 is 17.6. The molecule has 4 rings (SSSR count). The van der Waals surface area contributed by atoms with E-state index in [9.17, 15) is 5.26 Å². The van der Waals surface area contributed by atoms with Crippen LogP contribution in [-0.4, -0.2) is 45.3 Å². The van der Waals surface area contributed by atoms with Crippen LogP contribution in [0, 0.1) is 11.3 Å². The lowest BCUT2D eigenvalue weighted by atomic mass is 9.96. The van der Waals surface area contributed by atoms with Crippen molar-refractivity contribution < 1.29 is 14.2 Å². The van der Waals surface area contributed by atoms with Crippen LogP contribution < -0.4 is 19.5 Å². The Morgan fingerprint density at radius 3 is 2.26 bits per heavy atom. The first-order valence-corrected chi connectivity index (χ1v) is 12.1. The molecule has 3 aromatic rings. The summed E-state index contributed by atoms with van der Waals surface area (Å²) in [4.78, 5) is 2.49. The standard InChI is InChI=1S/C29H33N3O3/c1-33-28-17-24(18-29(34-2)27(28)20-31-13-16-32-14-7-8-15-32)35-21-23-10-4-6-12-26(23)25-11-5-3-9-22(25)19-30/h3-6,9-12,17-18,31H,7-8,13-16,20-21H2,1-2H3. The smallest absolute Gasteiger partial charge is 0.130 e. The van der Waals surface area contributed by atoms with Gasteiger partial charge in [-0.25, -0.2) is 0 Å². The van der Waals surface area contributed by atoms with E-state index in [1.165, 1.54) is 25.9 Å². The molecule has 3 aromatic carbocycles. The molecule has 0 aliphatic carbocycles. The average molecular weight is 472 g/mol. The lowest BCUT2D eigenvalue weighted by Gasteiger charge is -2.18. The molecule has 6 nitrogen and oxygen atoms in total. The minimum absolute atomic E-state index is 0.357. The number of ether oxygens (including phenoxy) is 3. The zero-order chi connectivity index (χ0) is 24.5. The van der Waals surface area contributed by atoms with E-state index in [2.05, 4.69) is 16.3 Å². The summed E-state index contributed by atoms with van der Waals surface area (Å²) in [5.74, 6) is 2.13. The van der Waals surface area contributed by atoms with Crippen molar-refractivity contribution in [2.75, 3.05) is 40.4 Å². The molecule has 0 saturated carbocycles. The van der Waals surface area contributed by atoms with Crippen LogP contribution in [0.5, 0.6) is 17.2 Å². The fraction of sp³-hybridized carbons (Fsp3) is 0.345. The molecule has 0 radical (unpaired) electrons. The topological polar surface area (TPSA) is 66.8 Å². The molecule has 0 amide bonds. The van der Waals surface area contributed by atoms with Crippen molar-refractivity contribution >= 4 is 0 Å². The zero-order valence-corrected chi connectivity index (χ0v) is 20.5. The number of nitrogens with zero attached hydrogens (tertiary/aromatic N) is 2. The van der Waals surface area contributed by atoms with Crippen LogP contribution >= 0.6 is 0 Å². The maximum atomic E-state index is 9.54. The monoisotopic (exact) mass is 471 g/mol. The average Bonchev–Trinajstić information content (AvgIpc) is 3.43. The molecule has 1 heterocycles. The van der Waals surface area contributed by atoms with Crippen molar-refractivity contribution in [1.82, 2.24) is 10.2 Å². The molecule has 0 spiro atoms. The van der Waals surface area contributed by atoms with Crippen molar-refractivity contribution in [3.05, 3.63) is 77.4 Å². The Morgan fingerprint density at radius 1 is 0.914 bits per heavy atom. The number of methoxy groups -OCH3 is 2. The van der Waals surface area contributed by atoms with Gasteiger partial charge in [0.15, 0.2) is 0 Å². The second-order valence-electron chi connectivity index (χ2n) is 8.64. The lowest BCUT2D eigenvalue weighted by molar-refractivity contribution is 0.299. The van der Waals surface area contributed by atoms with Crippen LogP contribution in [-0.2, 0) is 13.2 Å². The number of nitriles is 1. The van der Waals surface area contributed by atoms with E-state index >= 15 is 0 Å². The summed E-state index contributed by atoms with van der Waals surface area (Å²) >= 11 is 0. The van der Waals surface area contributed by atoms with Gasteiger partial charge in [-0.05, 0) is 48.7 Å². The van der Waals surface area contributed by atoms with E-state index in [0.29, 0.717) is 24.5 Å². The Kier molecular flexibility index (Phi) is 8.61. The quantitative estimate of drug-likeness (QED) is 0.397. The van der Waals surface area contributed by atoms with E-state index in [-0.39, 0.29) is 0 Å². The molecule has 1 saturated heterocycles. The minimum Gasteiger partial charge on any atom is -0.496 e. The Hall–Kier alpha value is -3.53. The van der Waals surface area contributed by atoms with Gasteiger partial charge >= 0.3 is 0 Å². The number of hydrogen-bond donors (Lipinski definition) is 1.